The van der Waals surface area contributed by atoms with Crippen LogP contribution >= 0.6 is 0 Å². The summed E-state index contributed by atoms with van der Waals surface area (Å²) in [5.74, 6) is 0. The van der Waals surface area contributed by atoms with Crippen molar-refractivity contribution in [1.82, 2.24) is 10.2 Å². The summed E-state index contributed by atoms with van der Waals surface area (Å²) in [6, 6.07) is 35.7. The first-order valence-electron chi connectivity index (χ1n) is 14.4. The number of benzene rings is 4. The fraction of sp³-hybridized carbons (Fsp3) is 0.286. The van der Waals surface area contributed by atoms with E-state index in [2.05, 4.69) is 53.8 Å². The van der Waals surface area contributed by atoms with Crippen LogP contribution < -0.4 is 10.6 Å². The molecule has 0 spiro atoms. The number of nitrogens with one attached hydrogen (secondary N) is 2. The van der Waals surface area contributed by atoms with Crippen LogP contribution in [0.3, 0.4) is 0 Å². The van der Waals surface area contributed by atoms with Crippen molar-refractivity contribution >= 4 is 11.7 Å². The number of aliphatic hydroxyl groups excluding tert-OH is 1. The Morgan fingerprint density at radius 1 is 0.881 bits per heavy atom. The van der Waals surface area contributed by atoms with Gasteiger partial charge in [-0.1, -0.05) is 97.1 Å². The van der Waals surface area contributed by atoms with Crippen LogP contribution in [0, 0.1) is 0 Å². The SMILES string of the molecule is C[C@@H](c1ccccc1)N(C)C[C@@H]1C[C@H](c2ccc(CO)cc2)O[C@H](c2cccc(NC(=O)NCc3ccccc3)c2)O1. The van der Waals surface area contributed by atoms with Crippen molar-refractivity contribution in [2.24, 2.45) is 0 Å². The average Bonchev–Trinajstić information content (AvgIpc) is 3.04. The van der Waals surface area contributed by atoms with E-state index in [9.17, 15) is 9.90 Å². The van der Waals surface area contributed by atoms with Gasteiger partial charge >= 0.3 is 6.03 Å². The molecule has 218 valence electrons. The molecule has 4 atom stereocenters. The van der Waals surface area contributed by atoms with E-state index in [4.69, 9.17) is 9.47 Å². The number of urea groups is 1. The number of nitrogens with zero attached hydrogens (tertiary/aromatic N) is 1. The van der Waals surface area contributed by atoms with E-state index in [0.717, 1.165) is 28.8 Å². The molecule has 3 N–H and O–H groups in total. The molecule has 4 aromatic rings. The van der Waals surface area contributed by atoms with E-state index in [1.807, 2.05) is 84.9 Å². The molecule has 0 unspecified atom stereocenters. The second-order valence-electron chi connectivity index (χ2n) is 10.8. The van der Waals surface area contributed by atoms with Gasteiger partial charge in [0.2, 0.25) is 0 Å². The van der Waals surface area contributed by atoms with Crippen LogP contribution in [0.4, 0.5) is 10.5 Å². The van der Waals surface area contributed by atoms with Gasteiger partial charge < -0.3 is 25.2 Å². The van der Waals surface area contributed by atoms with E-state index in [1.54, 1.807) is 0 Å². The van der Waals surface area contributed by atoms with Gasteiger partial charge in [0.25, 0.3) is 0 Å². The van der Waals surface area contributed by atoms with Crippen LogP contribution in [0.1, 0.15) is 59.6 Å². The maximum absolute atomic E-state index is 12.6. The minimum absolute atomic E-state index is 0.00104. The summed E-state index contributed by atoms with van der Waals surface area (Å²) in [5, 5.41) is 15.3. The summed E-state index contributed by atoms with van der Waals surface area (Å²) in [7, 11) is 2.12. The average molecular weight is 566 g/mol. The third-order valence-electron chi connectivity index (χ3n) is 7.76. The van der Waals surface area contributed by atoms with Crippen molar-refractivity contribution in [3.8, 4) is 0 Å². The van der Waals surface area contributed by atoms with Crippen LogP contribution in [0.15, 0.2) is 109 Å². The lowest BCUT2D eigenvalue weighted by molar-refractivity contribution is -0.253. The number of anilines is 1. The lowest BCUT2D eigenvalue weighted by Gasteiger charge is -2.39. The Hall–Kier alpha value is -4.01. The number of carbonyl (C=O) groups is 1. The first kappa shape index (κ1) is 29.5. The number of hydrogen-bond donors (Lipinski definition) is 3. The third kappa shape index (κ3) is 7.84. The number of hydrogen-bond acceptors (Lipinski definition) is 5. The Balaban J connectivity index is 1.30. The molecule has 5 rings (SSSR count). The minimum atomic E-state index is -0.610. The fourth-order valence-electron chi connectivity index (χ4n) is 5.21. The molecule has 0 saturated carbocycles. The summed E-state index contributed by atoms with van der Waals surface area (Å²) in [6.45, 7) is 3.37. The summed E-state index contributed by atoms with van der Waals surface area (Å²) in [6.07, 6.45) is -0.192. The van der Waals surface area contributed by atoms with Gasteiger partial charge in [0.05, 0.1) is 18.8 Å². The van der Waals surface area contributed by atoms with Crippen molar-refractivity contribution in [3.63, 3.8) is 0 Å². The van der Waals surface area contributed by atoms with Gasteiger partial charge in [-0.2, -0.15) is 0 Å². The molecule has 1 heterocycles. The molecule has 0 radical (unpaired) electrons. The fourth-order valence-corrected chi connectivity index (χ4v) is 5.21. The highest BCUT2D eigenvalue weighted by atomic mass is 16.7. The number of likely N-dealkylation sites (N-methyl/N-ethyl adjacent to an activating group) is 1. The van der Waals surface area contributed by atoms with Crippen molar-refractivity contribution in [2.45, 2.75) is 51.0 Å². The second-order valence-corrected chi connectivity index (χ2v) is 10.8. The van der Waals surface area contributed by atoms with E-state index < -0.39 is 6.29 Å². The zero-order chi connectivity index (χ0) is 29.3. The number of rotatable bonds is 10. The van der Waals surface area contributed by atoms with E-state index in [1.165, 1.54) is 5.56 Å². The van der Waals surface area contributed by atoms with Gasteiger partial charge in [-0.15, -0.1) is 0 Å². The summed E-state index contributed by atoms with van der Waals surface area (Å²) >= 11 is 0. The normalized spacial score (nSPS) is 19.3. The molecule has 7 heteroatoms. The van der Waals surface area contributed by atoms with Crippen LogP contribution in [-0.4, -0.2) is 35.7 Å². The molecule has 0 aliphatic carbocycles. The van der Waals surface area contributed by atoms with Crippen LogP contribution in [0.2, 0.25) is 0 Å². The minimum Gasteiger partial charge on any atom is -0.392 e. The number of ether oxygens (including phenoxy) is 2. The summed E-state index contributed by atoms with van der Waals surface area (Å²) in [5.41, 5.74) is 5.67. The Labute approximate surface area is 248 Å². The topological polar surface area (TPSA) is 83.1 Å². The van der Waals surface area contributed by atoms with Gasteiger partial charge in [0, 0.05) is 36.8 Å². The lowest BCUT2D eigenvalue weighted by Crippen LogP contribution is -2.38. The first-order valence-corrected chi connectivity index (χ1v) is 14.4. The number of aliphatic hydroxyl groups is 1. The zero-order valence-corrected chi connectivity index (χ0v) is 24.1. The van der Waals surface area contributed by atoms with Crippen molar-refractivity contribution in [1.29, 1.82) is 0 Å². The van der Waals surface area contributed by atoms with Crippen LogP contribution in [0.5, 0.6) is 0 Å². The molecule has 7 nitrogen and oxygen atoms in total. The molecule has 2 amide bonds. The van der Waals surface area contributed by atoms with E-state index >= 15 is 0 Å². The van der Waals surface area contributed by atoms with Gasteiger partial charge in [0.1, 0.15) is 0 Å². The Kier molecular flexibility index (Phi) is 10.0. The van der Waals surface area contributed by atoms with Crippen LogP contribution in [0.25, 0.3) is 0 Å². The van der Waals surface area contributed by atoms with Crippen molar-refractivity contribution in [3.05, 3.63) is 137 Å². The van der Waals surface area contributed by atoms with E-state index in [0.29, 0.717) is 18.7 Å². The highest BCUT2D eigenvalue weighted by molar-refractivity contribution is 5.89. The summed E-state index contributed by atoms with van der Waals surface area (Å²) < 4.78 is 13.1. The lowest BCUT2D eigenvalue weighted by atomic mass is 9.99. The molecule has 0 aromatic heterocycles. The predicted molar refractivity (Wildman–Crippen MR) is 165 cm³/mol. The van der Waals surface area contributed by atoms with E-state index in [-0.39, 0.29) is 30.9 Å². The second kappa shape index (κ2) is 14.2. The Morgan fingerprint density at radius 2 is 1.60 bits per heavy atom. The molecular weight excluding hydrogens is 526 g/mol. The third-order valence-corrected chi connectivity index (χ3v) is 7.76. The smallest absolute Gasteiger partial charge is 0.319 e. The largest absolute Gasteiger partial charge is 0.392 e. The van der Waals surface area contributed by atoms with Gasteiger partial charge in [0.15, 0.2) is 6.29 Å². The maximum Gasteiger partial charge on any atom is 0.319 e. The molecule has 1 aliphatic heterocycles. The number of amides is 2. The van der Waals surface area contributed by atoms with Gasteiger partial charge in [-0.05, 0) is 48.4 Å². The van der Waals surface area contributed by atoms with Gasteiger partial charge in [-0.25, -0.2) is 4.79 Å². The summed E-state index contributed by atoms with van der Waals surface area (Å²) in [4.78, 5) is 14.9. The zero-order valence-electron chi connectivity index (χ0n) is 24.1. The molecule has 1 fully saturated rings. The van der Waals surface area contributed by atoms with Crippen molar-refractivity contribution in [2.75, 3.05) is 18.9 Å². The molecule has 1 aliphatic rings. The van der Waals surface area contributed by atoms with Crippen molar-refractivity contribution < 1.29 is 19.4 Å². The first-order chi connectivity index (χ1) is 20.5. The van der Waals surface area contributed by atoms with Gasteiger partial charge in [-0.3, -0.25) is 4.90 Å². The Morgan fingerprint density at radius 3 is 2.31 bits per heavy atom. The molecule has 0 bridgehead atoms. The number of carbonyl (C=O) groups excluding carboxylic acids is 1. The molecule has 1 saturated heterocycles. The predicted octanol–water partition coefficient (Wildman–Crippen LogP) is 6.74. The monoisotopic (exact) mass is 565 g/mol. The highest BCUT2D eigenvalue weighted by Gasteiger charge is 2.33. The standard InChI is InChI=1S/C35H39N3O4/c1-25(28-12-7-4-8-13-28)38(2)23-32-21-33(29-18-16-27(24-39)17-19-29)42-34(41-32)30-14-9-15-31(20-30)37-35(40)36-22-26-10-5-3-6-11-26/h3-20,25,32-34,39H,21-24H2,1-2H3,(H2,36,37,40)/t25-,32-,33+,34+/m0/s1. The van der Waals surface area contributed by atoms with Crippen LogP contribution in [-0.2, 0) is 22.6 Å². The highest BCUT2D eigenvalue weighted by Crippen LogP contribution is 2.39. The maximum atomic E-state index is 12.6. The molecular formula is C35H39N3O4. The Bertz CT molecular complexity index is 1420. The molecule has 42 heavy (non-hydrogen) atoms. The molecule has 4 aromatic carbocycles. The quantitative estimate of drug-likeness (QED) is 0.198.